The number of carbonyl (C=O) groups excluding carboxylic acids is 1. The number of hydrogen-bond acceptors (Lipinski definition) is 1. The van der Waals surface area contributed by atoms with Crippen LogP contribution in [0.5, 0.6) is 0 Å². The second-order valence-electron chi connectivity index (χ2n) is 4.62. The van der Waals surface area contributed by atoms with Crippen LogP contribution >= 0.6 is 0 Å². The van der Waals surface area contributed by atoms with E-state index in [1.54, 1.807) is 0 Å². The van der Waals surface area contributed by atoms with E-state index in [1.807, 2.05) is 35.2 Å². The lowest BCUT2D eigenvalue weighted by atomic mass is 10.2. The van der Waals surface area contributed by atoms with Crippen LogP contribution in [0, 0.1) is 11.8 Å². The lowest BCUT2D eigenvalue weighted by Gasteiger charge is -2.19. The first-order valence-electron chi connectivity index (χ1n) is 7.14. The molecular weight excluding hydrogens is 234 g/mol. The van der Waals surface area contributed by atoms with Crippen molar-refractivity contribution in [1.82, 2.24) is 4.90 Å². The lowest BCUT2D eigenvalue weighted by Crippen LogP contribution is -2.31. The minimum Gasteiger partial charge on any atom is -0.332 e. The topological polar surface area (TPSA) is 20.3 Å². The Hall–Kier alpha value is -1.75. The van der Waals surface area contributed by atoms with E-state index in [0.29, 0.717) is 0 Å². The van der Waals surface area contributed by atoms with Crippen LogP contribution in [0.15, 0.2) is 30.3 Å². The van der Waals surface area contributed by atoms with Crippen molar-refractivity contribution >= 4 is 5.91 Å². The average molecular weight is 257 g/mol. The van der Waals surface area contributed by atoms with Gasteiger partial charge in [0.1, 0.15) is 0 Å². The van der Waals surface area contributed by atoms with Crippen molar-refractivity contribution < 1.29 is 4.79 Å². The summed E-state index contributed by atoms with van der Waals surface area (Å²) in [6.07, 6.45) is 4.29. The quantitative estimate of drug-likeness (QED) is 0.715. The molecule has 0 spiro atoms. The fourth-order valence-corrected chi connectivity index (χ4v) is 1.74. The highest BCUT2D eigenvalue weighted by Gasteiger charge is 2.09. The van der Waals surface area contributed by atoms with E-state index in [9.17, 15) is 4.79 Å². The standard InChI is InChI=1S/C17H23NO/c1-3-5-14-18(15-6-4-2)17(19)13-12-16-10-8-7-9-11-16/h7-11H,3-6,14-15H2,1-2H3. The molecule has 0 saturated heterocycles. The van der Waals surface area contributed by atoms with Crippen LogP contribution in [0.1, 0.15) is 45.1 Å². The molecule has 0 N–H and O–H groups in total. The highest BCUT2D eigenvalue weighted by atomic mass is 16.2. The monoisotopic (exact) mass is 257 g/mol. The maximum Gasteiger partial charge on any atom is 0.298 e. The maximum atomic E-state index is 12.1. The SMILES string of the molecule is CCCCN(CCCC)C(=O)C#Cc1ccccc1. The largest absolute Gasteiger partial charge is 0.332 e. The molecular formula is C17H23NO. The van der Waals surface area contributed by atoms with Gasteiger partial charge in [-0.25, -0.2) is 0 Å². The molecule has 0 aliphatic rings. The summed E-state index contributed by atoms with van der Waals surface area (Å²) in [5, 5.41) is 0. The molecule has 1 rings (SSSR count). The normalized spacial score (nSPS) is 9.58. The number of hydrogen-bond donors (Lipinski definition) is 0. The summed E-state index contributed by atoms with van der Waals surface area (Å²) in [6.45, 7) is 5.91. The van der Waals surface area contributed by atoms with Crippen molar-refractivity contribution in [3.05, 3.63) is 35.9 Å². The molecule has 2 nitrogen and oxygen atoms in total. The molecule has 1 amide bonds. The molecule has 0 aliphatic carbocycles. The van der Waals surface area contributed by atoms with Crippen LogP contribution in [0.2, 0.25) is 0 Å². The molecule has 0 radical (unpaired) electrons. The number of nitrogens with zero attached hydrogens (tertiary/aromatic N) is 1. The Labute approximate surface area is 116 Å². The molecule has 0 aromatic heterocycles. The summed E-state index contributed by atoms with van der Waals surface area (Å²) in [4.78, 5) is 14.0. The van der Waals surface area contributed by atoms with Crippen molar-refractivity contribution in [1.29, 1.82) is 0 Å². The van der Waals surface area contributed by atoms with Crippen LogP contribution in [-0.4, -0.2) is 23.9 Å². The summed E-state index contributed by atoms with van der Waals surface area (Å²) in [6, 6.07) is 9.65. The van der Waals surface area contributed by atoms with Crippen molar-refractivity contribution in [3.63, 3.8) is 0 Å². The molecule has 1 aromatic carbocycles. The Balaban J connectivity index is 2.63. The molecule has 0 unspecified atom stereocenters. The minimum atomic E-state index is -0.0502. The van der Waals surface area contributed by atoms with Gasteiger partial charge in [0.05, 0.1) is 0 Å². The first kappa shape index (κ1) is 15.3. The first-order chi connectivity index (χ1) is 9.27. The van der Waals surface area contributed by atoms with Crippen LogP contribution in [0.3, 0.4) is 0 Å². The first-order valence-corrected chi connectivity index (χ1v) is 7.14. The van der Waals surface area contributed by atoms with Gasteiger partial charge in [-0.15, -0.1) is 0 Å². The van der Waals surface area contributed by atoms with E-state index < -0.39 is 0 Å². The summed E-state index contributed by atoms with van der Waals surface area (Å²) in [5.74, 6) is 5.64. The van der Waals surface area contributed by atoms with Gasteiger partial charge in [-0.05, 0) is 25.0 Å². The number of unbranched alkanes of at least 4 members (excludes halogenated alkanes) is 2. The molecule has 0 bridgehead atoms. The number of carbonyl (C=O) groups is 1. The van der Waals surface area contributed by atoms with Gasteiger partial charge in [0.2, 0.25) is 0 Å². The van der Waals surface area contributed by atoms with Crippen LogP contribution in [0.25, 0.3) is 0 Å². The second kappa shape index (κ2) is 9.22. The molecule has 2 heteroatoms. The maximum absolute atomic E-state index is 12.1. The van der Waals surface area contributed by atoms with E-state index in [-0.39, 0.29) is 5.91 Å². The highest BCUT2D eigenvalue weighted by molar-refractivity contribution is 5.94. The van der Waals surface area contributed by atoms with Crippen LogP contribution < -0.4 is 0 Å². The van der Waals surface area contributed by atoms with E-state index in [2.05, 4.69) is 25.7 Å². The summed E-state index contributed by atoms with van der Waals surface area (Å²) in [7, 11) is 0. The molecule has 0 aliphatic heterocycles. The van der Waals surface area contributed by atoms with E-state index in [1.165, 1.54) is 0 Å². The van der Waals surface area contributed by atoms with Gasteiger partial charge in [0.25, 0.3) is 5.91 Å². The molecule has 0 fully saturated rings. The molecule has 102 valence electrons. The van der Waals surface area contributed by atoms with Crippen molar-refractivity contribution in [2.75, 3.05) is 13.1 Å². The molecule has 19 heavy (non-hydrogen) atoms. The molecule has 0 heterocycles. The van der Waals surface area contributed by atoms with Gasteiger partial charge < -0.3 is 4.90 Å². The summed E-state index contributed by atoms with van der Waals surface area (Å²) in [5.41, 5.74) is 0.891. The zero-order valence-corrected chi connectivity index (χ0v) is 12.0. The minimum absolute atomic E-state index is 0.0502. The van der Waals surface area contributed by atoms with Gasteiger partial charge in [0.15, 0.2) is 0 Å². The van der Waals surface area contributed by atoms with Crippen molar-refractivity contribution in [2.24, 2.45) is 0 Å². The Bertz CT molecular complexity index is 420. The van der Waals surface area contributed by atoms with E-state index in [4.69, 9.17) is 0 Å². The number of benzene rings is 1. The Kier molecular flexibility index (Phi) is 7.43. The third kappa shape index (κ3) is 6.10. The number of amides is 1. The van der Waals surface area contributed by atoms with E-state index >= 15 is 0 Å². The van der Waals surface area contributed by atoms with Gasteiger partial charge >= 0.3 is 0 Å². The summed E-state index contributed by atoms with van der Waals surface area (Å²) >= 11 is 0. The fourth-order valence-electron chi connectivity index (χ4n) is 1.74. The third-order valence-electron chi connectivity index (χ3n) is 2.94. The zero-order chi connectivity index (χ0) is 13.9. The van der Waals surface area contributed by atoms with Gasteiger partial charge in [0, 0.05) is 24.6 Å². The summed E-state index contributed by atoms with van der Waals surface area (Å²) < 4.78 is 0. The smallest absolute Gasteiger partial charge is 0.298 e. The highest BCUT2D eigenvalue weighted by Crippen LogP contribution is 2.00. The average Bonchev–Trinajstić information content (AvgIpc) is 2.46. The van der Waals surface area contributed by atoms with Gasteiger partial charge in [-0.1, -0.05) is 50.8 Å². The second-order valence-corrected chi connectivity index (χ2v) is 4.62. The molecule has 1 aromatic rings. The molecule has 0 saturated carbocycles. The number of rotatable bonds is 6. The predicted octanol–water partition coefficient (Wildman–Crippen LogP) is 3.47. The van der Waals surface area contributed by atoms with Gasteiger partial charge in [-0.3, -0.25) is 4.79 Å². The zero-order valence-electron chi connectivity index (χ0n) is 12.0. The lowest BCUT2D eigenvalue weighted by molar-refractivity contribution is -0.125. The Morgan fingerprint density at radius 1 is 1.05 bits per heavy atom. The predicted molar refractivity (Wildman–Crippen MR) is 79.7 cm³/mol. The Morgan fingerprint density at radius 2 is 1.63 bits per heavy atom. The van der Waals surface area contributed by atoms with Gasteiger partial charge in [-0.2, -0.15) is 0 Å². The van der Waals surface area contributed by atoms with Crippen molar-refractivity contribution in [3.8, 4) is 11.8 Å². The third-order valence-corrected chi connectivity index (χ3v) is 2.94. The van der Waals surface area contributed by atoms with Crippen LogP contribution in [0.4, 0.5) is 0 Å². The molecule has 0 atom stereocenters. The van der Waals surface area contributed by atoms with Crippen LogP contribution in [-0.2, 0) is 4.79 Å². The van der Waals surface area contributed by atoms with E-state index in [0.717, 1.165) is 44.3 Å². The van der Waals surface area contributed by atoms with Crippen molar-refractivity contribution in [2.45, 2.75) is 39.5 Å². The fraction of sp³-hybridized carbons (Fsp3) is 0.471. The Morgan fingerprint density at radius 3 is 2.16 bits per heavy atom.